The number of nitrogens with zero attached hydrogens (tertiary/aromatic N) is 1. The molecular weight excluding hydrogens is 196 g/mol. The van der Waals surface area contributed by atoms with Crippen LogP contribution in [0.1, 0.15) is 19.3 Å². The van der Waals surface area contributed by atoms with Gasteiger partial charge in [0.2, 0.25) is 0 Å². The minimum Gasteiger partial charge on any atom is -0.465 e. The molecule has 5 nitrogen and oxygen atoms in total. The number of hydrogen-bond acceptors (Lipinski definition) is 3. The van der Waals surface area contributed by atoms with Gasteiger partial charge in [-0.2, -0.15) is 0 Å². The highest BCUT2D eigenvalue weighted by Crippen LogP contribution is 2.20. The van der Waals surface area contributed by atoms with Crippen molar-refractivity contribution in [1.82, 2.24) is 10.2 Å². The number of ketones is 1. The van der Waals surface area contributed by atoms with Crippen LogP contribution < -0.4 is 5.32 Å². The molecule has 1 fully saturated rings. The molecule has 1 amide bonds. The van der Waals surface area contributed by atoms with Gasteiger partial charge in [0.25, 0.3) is 0 Å². The minimum atomic E-state index is -1.03. The van der Waals surface area contributed by atoms with E-state index in [0.29, 0.717) is 24.8 Å². The number of rotatable bonds is 2. The van der Waals surface area contributed by atoms with Crippen molar-refractivity contribution in [1.29, 1.82) is 0 Å². The number of amides is 1. The zero-order valence-corrected chi connectivity index (χ0v) is 8.99. The molecule has 0 aliphatic heterocycles. The Hall–Kier alpha value is -1.52. The molecular formula is C10H16N2O3. The Bertz CT molecular complexity index is 297. The lowest BCUT2D eigenvalue weighted by Gasteiger charge is -2.23. The molecule has 84 valence electrons. The number of nitrogens with one attached hydrogen (secondary N) is 1. The predicted molar refractivity (Wildman–Crippen MR) is 55.6 cm³/mol. The molecule has 1 atom stereocenters. The lowest BCUT2D eigenvalue weighted by Crippen LogP contribution is -2.37. The van der Waals surface area contributed by atoms with E-state index in [1.54, 1.807) is 11.1 Å². The summed E-state index contributed by atoms with van der Waals surface area (Å²) in [7, 11) is 3.68. The van der Waals surface area contributed by atoms with E-state index in [0.717, 1.165) is 0 Å². The Balaban J connectivity index is 2.64. The molecule has 0 aromatic rings. The Kier molecular flexibility index (Phi) is 3.71. The third-order valence-electron chi connectivity index (χ3n) is 2.29. The normalized spacial score (nSPS) is 24.0. The van der Waals surface area contributed by atoms with Gasteiger partial charge in [0, 0.05) is 38.3 Å². The van der Waals surface area contributed by atoms with Crippen LogP contribution in [0.5, 0.6) is 0 Å². The van der Waals surface area contributed by atoms with Crippen molar-refractivity contribution in [2.75, 3.05) is 14.1 Å². The first kappa shape index (κ1) is 11.6. The fourth-order valence-electron chi connectivity index (χ4n) is 1.68. The van der Waals surface area contributed by atoms with Crippen LogP contribution in [0, 0.1) is 0 Å². The van der Waals surface area contributed by atoms with Gasteiger partial charge in [0.05, 0.1) is 0 Å². The van der Waals surface area contributed by atoms with E-state index in [9.17, 15) is 9.59 Å². The molecule has 1 unspecified atom stereocenters. The summed E-state index contributed by atoms with van der Waals surface area (Å²) in [5.74, 6) is 0.118. The molecule has 1 saturated carbocycles. The summed E-state index contributed by atoms with van der Waals surface area (Å²) in [4.78, 5) is 23.7. The van der Waals surface area contributed by atoms with Crippen LogP contribution in [0.4, 0.5) is 4.79 Å². The van der Waals surface area contributed by atoms with Crippen LogP contribution in [0.15, 0.2) is 11.8 Å². The Morgan fingerprint density at radius 1 is 1.60 bits per heavy atom. The molecule has 0 heterocycles. The largest absolute Gasteiger partial charge is 0.465 e. The maximum Gasteiger partial charge on any atom is 0.404 e. The molecule has 0 spiro atoms. The summed E-state index contributed by atoms with van der Waals surface area (Å²) in [5, 5.41) is 11.0. The minimum absolute atomic E-state index is 0.118. The number of Topliss-reactive ketones (excluding diaryl/α,β-unsaturated/α-hetero) is 1. The highest BCUT2D eigenvalue weighted by molar-refractivity contribution is 5.96. The van der Waals surface area contributed by atoms with Crippen molar-refractivity contribution < 1.29 is 14.7 Å². The van der Waals surface area contributed by atoms with E-state index in [-0.39, 0.29) is 11.8 Å². The average Bonchev–Trinajstić information content (AvgIpc) is 2.09. The average molecular weight is 212 g/mol. The summed E-state index contributed by atoms with van der Waals surface area (Å²) in [5.41, 5.74) is 0.699. The van der Waals surface area contributed by atoms with E-state index in [4.69, 9.17) is 5.11 Å². The number of hydrogen-bond donors (Lipinski definition) is 2. The van der Waals surface area contributed by atoms with Crippen LogP contribution in [-0.4, -0.2) is 42.0 Å². The molecule has 15 heavy (non-hydrogen) atoms. The first-order valence-electron chi connectivity index (χ1n) is 4.89. The SMILES string of the molecule is CN(C)/C=C1/CC(NC(=O)O)CCC1=O. The van der Waals surface area contributed by atoms with Gasteiger partial charge in [-0.05, 0) is 12.8 Å². The summed E-state index contributed by atoms with van der Waals surface area (Å²) in [6.07, 6.45) is 2.24. The molecule has 0 aromatic carbocycles. The van der Waals surface area contributed by atoms with Crippen LogP contribution in [0.2, 0.25) is 0 Å². The summed E-state index contributed by atoms with van der Waals surface area (Å²) in [6, 6.07) is -0.133. The van der Waals surface area contributed by atoms with Crippen molar-refractivity contribution in [3.05, 3.63) is 11.8 Å². The molecule has 0 bridgehead atoms. The van der Waals surface area contributed by atoms with Gasteiger partial charge in [0.1, 0.15) is 0 Å². The monoisotopic (exact) mass is 212 g/mol. The van der Waals surface area contributed by atoms with Crippen molar-refractivity contribution in [3.8, 4) is 0 Å². The Labute approximate surface area is 88.8 Å². The summed E-state index contributed by atoms with van der Waals surface area (Å²) in [6.45, 7) is 0. The third-order valence-corrected chi connectivity index (χ3v) is 2.29. The van der Waals surface area contributed by atoms with Crippen LogP contribution in [0.3, 0.4) is 0 Å². The maximum absolute atomic E-state index is 11.5. The van der Waals surface area contributed by atoms with Gasteiger partial charge in [-0.25, -0.2) is 4.79 Å². The number of carbonyl (C=O) groups excluding carboxylic acids is 1. The predicted octanol–water partition coefficient (Wildman–Crippen LogP) is 0.821. The summed E-state index contributed by atoms with van der Waals surface area (Å²) < 4.78 is 0. The van der Waals surface area contributed by atoms with E-state index in [1.807, 2.05) is 14.1 Å². The van der Waals surface area contributed by atoms with Crippen LogP contribution in [0.25, 0.3) is 0 Å². The molecule has 2 N–H and O–H groups in total. The second-order valence-corrected chi connectivity index (χ2v) is 3.93. The zero-order valence-electron chi connectivity index (χ0n) is 8.99. The van der Waals surface area contributed by atoms with E-state index in [1.165, 1.54) is 0 Å². The number of carboxylic acid groups (broad SMARTS) is 1. The van der Waals surface area contributed by atoms with E-state index in [2.05, 4.69) is 5.32 Å². The highest BCUT2D eigenvalue weighted by Gasteiger charge is 2.24. The zero-order chi connectivity index (χ0) is 11.4. The van der Waals surface area contributed by atoms with Crippen molar-refractivity contribution in [2.45, 2.75) is 25.3 Å². The van der Waals surface area contributed by atoms with E-state index >= 15 is 0 Å². The van der Waals surface area contributed by atoms with Gasteiger partial charge in [-0.1, -0.05) is 0 Å². The Morgan fingerprint density at radius 3 is 2.80 bits per heavy atom. The topological polar surface area (TPSA) is 69.6 Å². The smallest absolute Gasteiger partial charge is 0.404 e. The molecule has 0 saturated heterocycles. The van der Waals surface area contributed by atoms with Gasteiger partial charge < -0.3 is 15.3 Å². The van der Waals surface area contributed by atoms with Gasteiger partial charge in [-0.15, -0.1) is 0 Å². The van der Waals surface area contributed by atoms with Gasteiger partial charge in [0.15, 0.2) is 5.78 Å². The molecule has 1 aliphatic carbocycles. The first-order valence-corrected chi connectivity index (χ1v) is 4.89. The molecule has 5 heteroatoms. The highest BCUT2D eigenvalue weighted by atomic mass is 16.4. The van der Waals surface area contributed by atoms with E-state index < -0.39 is 6.09 Å². The maximum atomic E-state index is 11.5. The second kappa shape index (κ2) is 4.82. The fraction of sp³-hybridized carbons (Fsp3) is 0.600. The standard InChI is InChI=1S/C10H16N2O3/c1-12(2)6-7-5-8(11-10(14)15)3-4-9(7)13/h6,8,11H,3-5H2,1-2H3,(H,14,15)/b7-6-. The molecule has 1 rings (SSSR count). The van der Waals surface area contributed by atoms with Crippen molar-refractivity contribution in [2.24, 2.45) is 0 Å². The lowest BCUT2D eigenvalue weighted by molar-refractivity contribution is -0.116. The fourth-order valence-corrected chi connectivity index (χ4v) is 1.68. The molecule has 1 aliphatic rings. The van der Waals surface area contributed by atoms with Crippen LogP contribution in [-0.2, 0) is 4.79 Å². The number of carbonyl (C=O) groups is 2. The lowest BCUT2D eigenvalue weighted by atomic mass is 9.90. The molecule has 0 radical (unpaired) electrons. The Morgan fingerprint density at radius 2 is 2.27 bits per heavy atom. The third kappa shape index (κ3) is 3.61. The first-order chi connectivity index (χ1) is 6.99. The van der Waals surface area contributed by atoms with Crippen molar-refractivity contribution >= 4 is 11.9 Å². The summed E-state index contributed by atoms with van der Waals surface area (Å²) >= 11 is 0. The van der Waals surface area contributed by atoms with Gasteiger partial charge >= 0.3 is 6.09 Å². The van der Waals surface area contributed by atoms with Crippen molar-refractivity contribution in [3.63, 3.8) is 0 Å². The molecule has 0 aromatic heterocycles. The van der Waals surface area contributed by atoms with Crippen LogP contribution >= 0.6 is 0 Å². The van der Waals surface area contributed by atoms with Gasteiger partial charge in [-0.3, -0.25) is 4.79 Å². The quantitative estimate of drug-likeness (QED) is 0.665. The second-order valence-electron chi connectivity index (χ2n) is 3.93.